The van der Waals surface area contributed by atoms with Crippen molar-refractivity contribution in [3.05, 3.63) is 28.5 Å². The molecule has 0 saturated carbocycles. The van der Waals surface area contributed by atoms with E-state index in [0.717, 1.165) is 44.1 Å². The number of rotatable bonds is 6. The van der Waals surface area contributed by atoms with Crippen LogP contribution in [0.4, 0.5) is 11.6 Å². The zero-order chi connectivity index (χ0) is 15.2. The first-order valence-electron chi connectivity index (χ1n) is 8.09. The lowest BCUT2D eigenvalue weighted by molar-refractivity contribution is 0.573. The molecule has 0 bridgehead atoms. The topological polar surface area (TPSA) is 53.9 Å². The molecule has 1 saturated heterocycles. The van der Waals surface area contributed by atoms with Crippen LogP contribution in [0.5, 0.6) is 0 Å². The molecule has 2 aromatic rings. The minimum Gasteiger partial charge on any atom is -0.369 e. The van der Waals surface area contributed by atoms with E-state index >= 15 is 0 Å². The summed E-state index contributed by atoms with van der Waals surface area (Å²) in [6.45, 7) is 5.23. The van der Waals surface area contributed by atoms with Crippen LogP contribution in [0.15, 0.2) is 18.6 Å². The highest BCUT2D eigenvalue weighted by molar-refractivity contribution is 7.11. The maximum atomic E-state index is 4.45. The van der Waals surface area contributed by atoms with Crippen molar-refractivity contribution in [3.8, 4) is 0 Å². The second-order valence-corrected chi connectivity index (χ2v) is 6.76. The molecule has 0 unspecified atom stereocenters. The maximum absolute atomic E-state index is 4.45. The summed E-state index contributed by atoms with van der Waals surface area (Å²) in [7, 11) is 0. The minimum absolute atomic E-state index is 0.854. The lowest BCUT2D eigenvalue weighted by Gasteiger charge is -2.27. The van der Waals surface area contributed by atoms with E-state index in [0.29, 0.717) is 0 Å². The molecule has 1 fully saturated rings. The Morgan fingerprint density at radius 1 is 1.18 bits per heavy atom. The summed E-state index contributed by atoms with van der Waals surface area (Å²) in [6, 6.07) is 2.06. The van der Waals surface area contributed by atoms with E-state index in [-0.39, 0.29) is 0 Å². The largest absolute Gasteiger partial charge is 0.369 e. The second kappa shape index (κ2) is 7.54. The molecule has 3 heterocycles. The highest BCUT2D eigenvalue weighted by Gasteiger charge is 2.12. The first-order valence-corrected chi connectivity index (χ1v) is 8.91. The van der Waals surface area contributed by atoms with Crippen molar-refractivity contribution in [1.82, 2.24) is 15.0 Å². The number of piperidine rings is 1. The van der Waals surface area contributed by atoms with E-state index < -0.39 is 0 Å². The van der Waals surface area contributed by atoms with Gasteiger partial charge in [-0.05, 0) is 25.7 Å². The van der Waals surface area contributed by atoms with Gasteiger partial charge < -0.3 is 10.2 Å². The zero-order valence-electron chi connectivity index (χ0n) is 13.1. The average Bonchev–Trinajstić information content (AvgIpc) is 3.04. The Labute approximate surface area is 135 Å². The quantitative estimate of drug-likeness (QED) is 0.887. The molecule has 1 aliphatic heterocycles. The minimum atomic E-state index is 0.854. The van der Waals surface area contributed by atoms with Crippen LogP contribution in [-0.4, -0.2) is 34.6 Å². The summed E-state index contributed by atoms with van der Waals surface area (Å²) in [4.78, 5) is 16.9. The SMILES string of the molecule is CCc1cnc(CCNc2cc(N3CCCCC3)ncn2)s1. The van der Waals surface area contributed by atoms with Crippen molar-refractivity contribution in [3.63, 3.8) is 0 Å². The van der Waals surface area contributed by atoms with Crippen LogP contribution in [0.25, 0.3) is 0 Å². The Bertz CT molecular complexity index is 592. The predicted octanol–water partition coefficient (Wildman–Crippen LogP) is 3.14. The Balaban J connectivity index is 1.53. The van der Waals surface area contributed by atoms with E-state index in [2.05, 4.69) is 38.2 Å². The summed E-state index contributed by atoms with van der Waals surface area (Å²) < 4.78 is 0. The van der Waals surface area contributed by atoms with Gasteiger partial charge in [0.25, 0.3) is 0 Å². The van der Waals surface area contributed by atoms with Gasteiger partial charge in [0.05, 0.1) is 5.01 Å². The molecule has 1 N–H and O–H groups in total. The Hall–Kier alpha value is -1.69. The van der Waals surface area contributed by atoms with E-state index in [1.165, 1.54) is 29.1 Å². The van der Waals surface area contributed by atoms with Crippen LogP contribution < -0.4 is 10.2 Å². The van der Waals surface area contributed by atoms with Gasteiger partial charge in [0, 0.05) is 43.2 Å². The standard InChI is InChI=1S/C16H23N5S/c1-2-13-11-18-16(22-13)6-7-17-14-10-15(20-12-19-14)21-8-4-3-5-9-21/h10-12H,2-9H2,1H3,(H,17,19,20). The van der Waals surface area contributed by atoms with Crippen molar-refractivity contribution in [2.24, 2.45) is 0 Å². The van der Waals surface area contributed by atoms with E-state index in [9.17, 15) is 0 Å². The van der Waals surface area contributed by atoms with Crippen LogP contribution >= 0.6 is 11.3 Å². The predicted molar refractivity (Wildman–Crippen MR) is 91.8 cm³/mol. The summed E-state index contributed by atoms with van der Waals surface area (Å²) >= 11 is 1.80. The van der Waals surface area contributed by atoms with Crippen LogP contribution in [0.2, 0.25) is 0 Å². The Morgan fingerprint density at radius 2 is 2.05 bits per heavy atom. The molecule has 3 rings (SSSR count). The van der Waals surface area contributed by atoms with Crippen molar-refractivity contribution < 1.29 is 0 Å². The number of hydrogen-bond donors (Lipinski definition) is 1. The molecule has 22 heavy (non-hydrogen) atoms. The number of anilines is 2. The summed E-state index contributed by atoms with van der Waals surface area (Å²) in [6.07, 6.45) is 9.50. The lowest BCUT2D eigenvalue weighted by atomic mass is 10.1. The molecule has 5 nitrogen and oxygen atoms in total. The Morgan fingerprint density at radius 3 is 2.82 bits per heavy atom. The third-order valence-electron chi connectivity index (χ3n) is 3.93. The van der Waals surface area contributed by atoms with Crippen LogP contribution in [-0.2, 0) is 12.8 Å². The number of nitrogens with zero attached hydrogens (tertiary/aromatic N) is 4. The monoisotopic (exact) mass is 317 g/mol. The van der Waals surface area contributed by atoms with Crippen LogP contribution in [0, 0.1) is 0 Å². The van der Waals surface area contributed by atoms with Gasteiger partial charge in [0.15, 0.2) is 0 Å². The second-order valence-electron chi connectivity index (χ2n) is 5.56. The molecule has 1 aliphatic rings. The maximum Gasteiger partial charge on any atom is 0.134 e. The molecular formula is C16H23N5S. The third-order valence-corrected chi connectivity index (χ3v) is 5.13. The first-order chi connectivity index (χ1) is 10.8. The molecule has 0 atom stereocenters. The normalized spacial score (nSPS) is 15.0. The smallest absolute Gasteiger partial charge is 0.134 e. The van der Waals surface area contributed by atoms with Gasteiger partial charge in [-0.2, -0.15) is 0 Å². The molecule has 2 aromatic heterocycles. The van der Waals surface area contributed by atoms with Crippen molar-refractivity contribution in [2.75, 3.05) is 29.9 Å². The number of hydrogen-bond acceptors (Lipinski definition) is 6. The molecule has 0 amide bonds. The summed E-state index contributed by atoms with van der Waals surface area (Å²) in [5.41, 5.74) is 0. The number of aromatic nitrogens is 3. The fourth-order valence-corrected chi connectivity index (χ4v) is 3.53. The molecular weight excluding hydrogens is 294 g/mol. The van der Waals surface area contributed by atoms with Gasteiger partial charge in [0.2, 0.25) is 0 Å². The lowest BCUT2D eigenvalue weighted by Crippen LogP contribution is -2.30. The average molecular weight is 317 g/mol. The van der Waals surface area contributed by atoms with Crippen molar-refractivity contribution in [1.29, 1.82) is 0 Å². The van der Waals surface area contributed by atoms with Gasteiger partial charge in [0.1, 0.15) is 18.0 Å². The zero-order valence-corrected chi connectivity index (χ0v) is 13.9. The van der Waals surface area contributed by atoms with Gasteiger partial charge in [-0.15, -0.1) is 11.3 Å². The molecule has 118 valence electrons. The summed E-state index contributed by atoms with van der Waals surface area (Å²) in [5, 5.41) is 4.58. The number of thiazole rings is 1. The summed E-state index contributed by atoms with van der Waals surface area (Å²) in [5.74, 6) is 1.95. The highest BCUT2D eigenvalue weighted by Crippen LogP contribution is 2.19. The van der Waals surface area contributed by atoms with E-state index in [1.807, 2.05) is 6.20 Å². The molecule has 0 radical (unpaired) electrons. The fraction of sp³-hybridized carbons (Fsp3) is 0.562. The first kappa shape index (κ1) is 15.2. The van der Waals surface area contributed by atoms with Gasteiger partial charge in [-0.3, -0.25) is 0 Å². The number of nitrogens with one attached hydrogen (secondary N) is 1. The molecule has 0 spiro atoms. The van der Waals surface area contributed by atoms with Crippen LogP contribution in [0.3, 0.4) is 0 Å². The van der Waals surface area contributed by atoms with Crippen molar-refractivity contribution in [2.45, 2.75) is 39.0 Å². The van der Waals surface area contributed by atoms with Gasteiger partial charge >= 0.3 is 0 Å². The molecule has 6 heteroatoms. The van der Waals surface area contributed by atoms with Gasteiger partial charge in [-0.1, -0.05) is 6.92 Å². The fourth-order valence-electron chi connectivity index (χ4n) is 2.66. The van der Waals surface area contributed by atoms with E-state index in [1.54, 1.807) is 17.7 Å². The highest BCUT2D eigenvalue weighted by atomic mass is 32.1. The molecule has 0 aromatic carbocycles. The molecule has 0 aliphatic carbocycles. The number of aryl methyl sites for hydroxylation is 1. The van der Waals surface area contributed by atoms with Crippen LogP contribution in [0.1, 0.15) is 36.1 Å². The van der Waals surface area contributed by atoms with E-state index in [4.69, 9.17) is 0 Å². The Kier molecular flexibility index (Phi) is 5.21. The van der Waals surface area contributed by atoms with Gasteiger partial charge in [-0.25, -0.2) is 15.0 Å². The third kappa shape index (κ3) is 3.94. The van der Waals surface area contributed by atoms with Crippen molar-refractivity contribution >= 4 is 23.0 Å².